The van der Waals surface area contributed by atoms with Crippen molar-refractivity contribution >= 4 is 17.7 Å². The number of methoxy groups -OCH3 is 1. The number of ether oxygens (including phenoxy) is 2. The molecular weight excluding hydrogens is 260 g/mol. The highest BCUT2D eigenvalue weighted by molar-refractivity contribution is 5.93. The molecule has 0 heterocycles. The van der Waals surface area contributed by atoms with Gasteiger partial charge in [-0.05, 0) is 31.5 Å². The topological polar surface area (TPSA) is 76.7 Å². The van der Waals surface area contributed by atoms with Crippen molar-refractivity contribution in [3.8, 4) is 0 Å². The van der Waals surface area contributed by atoms with Gasteiger partial charge >= 0.3 is 12.0 Å². The summed E-state index contributed by atoms with van der Waals surface area (Å²) in [6.45, 7) is 3.18. The number of carbonyl (C=O) groups excluding carboxylic acids is 2. The molecule has 1 aromatic carbocycles. The van der Waals surface area contributed by atoms with E-state index in [-0.39, 0.29) is 6.03 Å². The van der Waals surface area contributed by atoms with Crippen LogP contribution in [-0.4, -0.2) is 38.9 Å². The summed E-state index contributed by atoms with van der Waals surface area (Å²) in [5.74, 6) is -0.406. The molecule has 0 saturated heterocycles. The molecule has 0 saturated carbocycles. The van der Waals surface area contributed by atoms with Crippen molar-refractivity contribution in [2.24, 2.45) is 0 Å². The van der Waals surface area contributed by atoms with E-state index in [2.05, 4.69) is 10.6 Å². The third-order valence-electron chi connectivity index (χ3n) is 2.44. The van der Waals surface area contributed by atoms with Gasteiger partial charge in [-0.15, -0.1) is 0 Å². The van der Waals surface area contributed by atoms with Crippen LogP contribution < -0.4 is 10.6 Å². The predicted molar refractivity (Wildman–Crippen MR) is 75.9 cm³/mol. The van der Waals surface area contributed by atoms with Crippen LogP contribution in [0.3, 0.4) is 0 Å². The lowest BCUT2D eigenvalue weighted by Gasteiger charge is -2.08. The van der Waals surface area contributed by atoms with Crippen LogP contribution in [0.15, 0.2) is 24.3 Å². The maximum atomic E-state index is 11.6. The van der Waals surface area contributed by atoms with Gasteiger partial charge in [0.15, 0.2) is 0 Å². The lowest BCUT2D eigenvalue weighted by Crippen LogP contribution is -2.30. The van der Waals surface area contributed by atoms with Crippen LogP contribution in [-0.2, 0) is 9.47 Å². The average molecular weight is 280 g/mol. The number of hydrogen-bond acceptors (Lipinski definition) is 4. The summed E-state index contributed by atoms with van der Waals surface area (Å²) in [6.07, 6.45) is 0.743. The fourth-order valence-corrected chi connectivity index (χ4v) is 1.53. The van der Waals surface area contributed by atoms with E-state index < -0.39 is 5.97 Å². The molecule has 1 rings (SSSR count). The van der Waals surface area contributed by atoms with Crippen LogP contribution in [0.1, 0.15) is 23.7 Å². The van der Waals surface area contributed by atoms with Crippen molar-refractivity contribution in [1.82, 2.24) is 5.32 Å². The van der Waals surface area contributed by atoms with Crippen LogP contribution in [0.4, 0.5) is 10.5 Å². The van der Waals surface area contributed by atoms with Crippen LogP contribution in [0, 0.1) is 0 Å². The Morgan fingerprint density at radius 3 is 2.80 bits per heavy atom. The molecule has 2 N–H and O–H groups in total. The Bertz CT molecular complexity index is 449. The van der Waals surface area contributed by atoms with E-state index in [0.717, 1.165) is 6.42 Å². The molecule has 20 heavy (non-hydrogen) atoms. The van der Waals surface area contributed by atoms with Gasteiger partial charge in [-0.3, -0.25) is 0 Å². The first-order valence-electron chi connectivity index (χ1n) is 6.48. The van der Waals surface area contributed by atoms with E-state index in [1.807, 2.05) is 0 Å². The highest BCUT2D eigenvalue weighted by Crippen LogP contribution is 2.11. The lowest BCUT2D eigenvalue weighted by atomic mass is 10.2. The van der Waals surface area contributed by atoms with Crippen LogP contribution in [0.2, 0.25) is 0 Å². The summed E-state index contributed by atoms with van der Waals surface area (Å²) >= 11 is 0. The first-order chi connectivity index (χ1) is 9.67. The molecule has 0 spiro atoms. The standard InChI is InChI=1S/C14H20N2O4/c1-3-20-13(17)11-6-4-7-12(10-11)16-14(18)15-8-5-9-19-2/h4,6-7,10H,3,5,8-9H2,1-2H3,(H2,15,16,18). The van der Waals surface area contributed by atoms with Crippen molar-refractivity contribution in [2.45, 2.75) is 13.3 Å². The molecule has 0 aromatic heterocycles. The molecule has 0 aliphatic rings. The monoisotopic (exact) mass is 280 g/mol. The zero-order chi connectivity index (χ0) is 14.8. The van der Waals surface area contributed by atoms with Crippen molar-refractivity contribution in [3.63, 3.8) is 0 Å². The second-order valence-corrected chi connectivity index (χ2v) is 4.03. The average Bonchev–Trinajstić information content (AvgIpc) is 2.44. The third-order valence-corrected chi connectivity index (χ3v) is 2.44. The second-order valence-electron chi connectivity index (χ2n) is 4.03. The van der Waals surface area contributed by atoms with Gasteiger partial charge in [0.1, 0.15) is 0 Å². The molecule has 0 aliphatic carbocycles. The summed E-state index contributed by atoms with van der Waals surface area (Å²) in [5.41, 5.74) is 0.948. The Balaban J connectivity index is 2.49. The Labute approximate surface area is 118 Å². The maximum Gasteiger partial charge on any atom is 0.338 e. The van der Waals surface area contributed by atoms with Crippen molar-refractivity contribution in [2.75, 3.05) is 32.2 Å². The first kappa shape index (κ1) is 16.0. The maximum absolute atomic E-state index is 11.6. The smallest absolute Gasteiger partial charge is 0.338 e. The van der Waals surface area contributed by atoms with Gasteiger partial charge in [0.05, 0.1) is 12.2 Å². The summed E-state index contributed by atoms with van der Waals surface area (Å²) in [7, 11) is 1.61. The number of amides is 2. The minimum atomic E-state index is -0.406. The van der Waals surface area contributed by atoms with Gasteiger partial charge in [0, 0.05) is 25.9 Å². The number of hydrogen-bond donors (Lipinski definition) is 2. The Kier molecular flexibility index (Phi) is 7.13. The van der Waals surface area contributed by atoms with E-state index in [0.29, 0.717) is 31.0 Å². The van der Waals surface area contributed by atoms with Gasteiger partial charge in [-0.25, -0.2) is 9.59 Å². The second kappa shape index (κ2) is 8.92. The Hall–Kier alpha value is -2.08. The van der Waals surface area contributed by atoms with Crippen LogP contribution in [0.25, 0.3) is 0 Å². The van der Waals surface area contributed by atoms with Crippen LogP contribution in [0.5, 0.6) is 0 Å². The minimum absolute atomic E-state index is 0.316. The molecule has 0 fully saturated rings. The summed E-state index contributed by atoms with van der Waals surface area (Å²) in [6, 6.07) is 6.29. The Morgan fingerprint density at radius 1 is 1.30 bits per heavy atom. The normalized spacial score (nSPS) is 9.90. The van der Waals surface area contributed by atoms with Crippen molar-refractivity contribution in [1.29, 1.82) is 0 Å². The number of esters is 1. The first-order valence-corrected chi connectivity index (χ1v) is 6.48. The molecule has 0 bridgehead atoms. The molecule has 1 aromatic rings. The van der Waals surface area contributed by atoms with Gasteiger partial charge < -0.3 is 20.1 Å². The number of urea groups is 1. The number of anilines is 1. The number of benzene rings is 1. The summed E-state index contributed by atoms with van der Waals surface area (Å²) in [5, 5.41) is 5.35. The Morgan fingerprint density at radius 2 is 2.10 bits per heavy atom. The van der Waals surface area contributed by atoms with E-state index in [9.17, 15) is 9.59 Å². The lowest BCUT2D eigenvalue weighted by molar-refractivity contribution is 0.0526. The highest BCUT2D eigenvalue weighted by atomic mass is 16.5. The molecule has 6 nitrogen and oxygen atoms in total. The van der Waals surface area contributed by atoms with Crippen molar-refractivity contribution in [3.05, 3.63) is 29.8 Å². The molecule has 0 radical (unpaired) electrons. The number of nitrogens with one attached hydrogen (secondary N) is 2. The fourth-order valence-electron chi connectivity index (χ4n) is 1.53. The third kappa shape index (κ3) is 5.71. The molecular formula is C14H20N2O4. The molecule has 0 atom stereocenters. The number of carbonyl (C=O) groups is 2. The zero-order valence-electron chi connectivity index (χ0n) is 11.8. The number of rotatable bonds is 7. The van der Waals surface area contributed by atoms with E-state index in [1.54, 1.807) is 38.3 Å². The van der Waals surface area contributed by atoms with Gasteiger partial charge in [-0.2, -0.15) is 0 Å². The zero-order valence-corrected chi connectivity index (χ0v) is 11.8. The SMILES string of the molecule is CCOC(=O)c1cccc(NC(=O)NCCCOC)c1. The molecule has 2 amide bonds. The van der Waals surface area contributed by atoms with Gasteiger partial charge in [0.2, 0.25) is 0 Å². The largest absolute Gasteiger partial charge is 0.462 e. The van der Waals surface area contributed by atoms with E-state index in [4.69, 9.17) is 9.47 Å². The van der Waals surface area contributed by atoms with E-state index in [1.165, 1.54) is 0 Å². The minimum Gasteiger partial charge on any atom is -0.462 e. The van der Waals surface area contributed by atoms with Crippen LogP contribution >= 0.6 is 0 Å². The van der Waals surface area contributed by atoms with Gasteiger partial charge in [0.25, 0.3) is 0 Å². The van der Waals surface area contributed by atoms with Crippen molar-refractivity contribution < 1.29 is 19.1 Å². The van der Waals surface area contributed by atoms with E-state index >= 15 is 0 Å². The molecule has 0 unspecified atom stereocenters. The summed E-state index contributed by atoms with van der Waals surface area (Å²) < 4.78 is 9.78. The molecule has 0 aliphatic heterocycles. The summed E-state index contributed by atoms with van der Waals surface area (Å²) in [4.78, 5) is 23.2. The highest BCUT2D eigenvalue weighted by Gasteiger charge is 2.08. The van der Waals surface area contributed by atoms with Gasteiger partial charge in [-0.1, -0.05) is 6.07 Å². The fraction of sp³-hybridized carbons (Fsp3) is 0.429. The quantitative estimate of drug-likeness (QED) is 0.592. The predicted octanol–water partition coefficient (Wildman–Crippen LogP) is 2.02. The molecule has 6 heteroatoms. The molecule has 110 valence electrons.